The minimum atomic E-state index is -0.885. The highest BCUT2D eigenvalue weighted by atomic mass is 16.6. The van der Waals surface area contributed by atoms with Gasteiger partial charge >= 0.3 is 6.09 Å². The number of nitrogens with zero attached hydrogens (tertiary/aromatic N) is 1. The van der Waals surface area contributed by atoms with E-state index in [0.29, 0.717) is 24.1 Å². The van der Waals surface area contributed by atoms with Crippen LogP contribution in [0.3, 0.4) is 0 Å². The van der Waals surface area contributed by atoms with Gasteiger partial charge in [0.1, 0.15) is 17.7 Å². The molecule has 0 aliphatic rings. The number of ether oxygens (including phenoxy) is 1. The molecule has 0 saturated carbocycles. The predicted octanol–water partition coefficient (Wildman–Crippen LogP) is 4.56. The minimum absolute atomic E-state index is 0.255. The van der Waals surface area contributed by atoms with Crippen molar-refractivity contribution in [2.45, 2.75) is 97.9 Å². The number of carbonyl (C=O) groups excluding carboxylic acids is 3. The summed E-state index contributed by atoms with van der Waals surface area (Å²) in [6.45, 7) is 13.3. The van der Waals surface area contributed by atoms with Crippen LogP contribution in [-0.4, -0.2) is 47.0 Å². The van der Waals surface area contributed by atoms with Gasteiger partial charge in [0.05, 0.1) is 0 Å². The summed E-state index contributed by atoms with van der Waals surface area (Å²) in [4.78, 5) is 40.8. The van der Waals surface area contributed by atoms with Crippen LogP contribution in [0, 0.1) is 12.3 Å². The quantitative estimate of drug-likeness (QED) is 0.366. The Morgan fingerprint density at radius 1 is 1.09 bits per heavy atom. The molecule has 0 spiro atoms. The lowest BCUT2D eigenvalue weighted by molar-refractivity contribution is -0.144. The molecule has 3 amide bonds. The van der Waals surface area contributed by atoms with Gasteiger partial charge in [0, 0.05) is 18.2 Å². The van der Waals surface area contributed by atoms with Crippen molar-refractivity contribution >= 4 is 17.9 Å². The lowest BCUT2D eigenvalue weighted by Crippen LogP contribution is -2.54. The normalized spacial score (nSPS) is 13.7. The van der Waals surface area contributed by atoms with Crippen LogP contribution in [0.1, 0.15) is 91.3 Å². The Balaban J connectivity index is 3.29. The molecule has 34 heavy (non-hydrogen) atoms. The molecule has 0 fully saturated rings. The zero-order chi connectivity index (χ0) is 25.9. The van der Waals surface area contributed by atoms with Crippen LogP contribution in [0.5, 0.6) is 0 Å². The maximum Gasteiger partial charge on any atom is 0.408 e. The Bertz CT molecular complexity index is 852. The molecule has 0 aliphatic carbocycles. The molecule has 0 aliphatic heterocycles. The van der Waals surface area contributed by atoms with Crippen molar-refractivity contribution < 1.29 is 19.1 Å². The van der Waals surface area contributed by atoms with Crippen LogP contribution in [0.25, 0.3) is 0 Å². The summed E-state index contributed by atoms with van der Waals surface area (Å²) in [5.74, 6) is 1.95. The fourth-order valence-electron chi connectivity index (χ4n) is 3.45. The van der Waals surface area contributed by atoms with Gasteiger partial charge in [-0.1, -0.05) is 44.7 Å². The second-order valence-electron chi connectivity index (χ2n) is 9.54. The number of terminal acetylenes is 1. The maximum absolute atomic E-state index is 13.6. The third-order valence-electron chi connectivity index (χ3n) is 5.42. The zero-order valence-electron chi connectivity index (χ0n) is 21.7. The molecule has 188 valence electrons. The van der Waals surface area contributed by atoms with Crippen LogP contribution in [0.15, 0.2) is 24.3 Å². The van der Waals surface area contributed by atoms with Gasteiger partial charge in [0.2, 0.25) is 11.8 Å². The van der Waals surface area contributed by atoms with E-state index in [4.69, 9.17) is 11.2 Å². The summed E-state index contributed by atoms with van der Waals surface area (Å²) in [5.41, 5.74) is 0.653. The number of amides is 3. The fourth-order valence-corrected chi connectivity index (χ4v) is 3.45. The summed E-state index contributed by atoms with van der Waals surface area (Å²) in [7, 11) is 0. The first-order valence-corrected chi connectivity index (χ1v) is 12.1. The number of benzene rings is 1. The zero-order valence-corrected chi connectivity index (χ0v) is 21.7. The molecule has 7 heteroatoms. The summed E-state index contributed by atoms with van der Waals surface area (Å²) in [6.07, 6.45) is 8.35. The second-order valence-corrected chi connectivity index (χ2v) is 9.54. The molecule has 0 bridgehead atoms. The van der Waals surface area contributed by atoms with Crippen molar-refractivity contribution in [3.63, 3.8) is 0 Å². The molecule has 1 aromatic carbocycles. The van der Waals surface area contributed by atoms with Gasteiger partial charge in [-0.05, 0) is 65.2 Å². The monoisotopic (exact) mass is 471 g/mol. The topological polar surface area (TPSA) is 87.7 Å². The predicted molar refractivity (Wildman–Crippen MR) is 135 cm³/mol. The van der Waals surface area contributed by atoms with Crippen molar-refractivity contribution in [2.24, 2.45) is 0 Å². The van der Waals surface area contributed by atoms with Gasteiger partial charge in [-0.3, -0.25) is 9.59 Å². The number of rotatable bonds is 11. The smallest absolute Gasteiger partial charge is 0.408 e. The number of carbonyl (C=O) groups is 3. The third kappa shape index (κ3) is 9.09. The van der Waals surface area contributed by atoms with E-state index in [1.54, 1.807) is 56.9 Å². The number of nitrogens with one attached hydrogen (secondary N) is 2. The Morgan fingerprint density at radius 3 is 2.21 bits per heavy atom. The Hall–Kier alpha value is -3.01. The number of alkyl carbamates (subject to hydrolysis) is 1. The molecule has 0 radical (unpaired) electrons. The first kappa shape index (κ1) is 29.0. The SMILES string of the molecule is C#Cc1ccc(C(C(=O)NCCCCC)N(C(=O)C(C)NC(=O)OC(C)(C)C)C(C)CC)cc1. The average Bonchev–Trinajstić information content (AvgIpc) is 2.78. The van der Waals surface area contributed by atoms with E-state index < -0.39 is 23.8 Å². The van der Waals surface area contributed by atoms with Crippen molar-refractivity contribution in [2.75, 3.05) is 6.54 Å². The van der Waals surface area contributed by atoms with Gasteiger partial charge in [-0.25, -0.2) is 4.79 Å². The maximum atomic E-state index is 13.6. The number of unbranched alkanes of at least 4 members (excludes halogenated alkanes) is 2. The lowest BCUT2D eigenvalue weighted by Gasteiger charge is -2.37. The van der Waals surface area contributed by atoms with E-state index >= 15 is 0 Å². The lowest BCUT2D eigenvalue weighted by atomic mass is 9.99. The second kappa shape index (κ2) is 13.6. The van der Waals surface area contributed by atoms with E-state index in [2.05, 4.69) is 23.5 Å². The van der Waals surface area contributed by atoms with Crippen molar-refractivity contribution in [3.8, 4) is 12.3 Å². The van der Waals surface area contributed by atoms with Crippen LogP contribution in [0.4, 0.5) is 4.79 Å². The van der Waals surface area contributed by atoms with Crippen molar-refractivity contribution in [1.29, 1.82) is 0 Å². The van der Waals surface area contributed by atoms with E-state index in [0.717, 1.165) is 19.3 Å². The molecule has 1 aromatic rings. The molecular formula is C27H41N3O4. The fraction of sp³-hybridized carbons (Fsp3) is 0.593. The Labute approximate surface area is 205 Å². The molecule has 7 nitrogen and oxygen atoms in total. The van der Waals surface area contributed by atoms with Gasteiger partial charge < -0.3 is 20.3 Å². The van der Waals surface area contributed by atoms with E-state index in [-0.39, 0.29) is 17.9 Å². The van der Waals surface area contributed by atoms with Crippen molar-refractivity contribution in [3.05, 3.63) is 35.4 Å². The van der Waals surface area contributed by atoms with Gasteiger partial charge in [0.25, 0.3) is 0 Å². The molecule has 2 N–H and O–H groups in total. The highest BCUT2D eigenvalue weighted by Crippen LogP contribution is 2.26. The van der Waals surface area contributed by atoms with Crippen LogP contribution in [-0.2, 0) is 14.3 Å². The molecule has 0 saturated heterocycles. The van der Waals surface area contributed by atoms with E-state index in [9.17, 15) is 14.4 Å². The summed E-state index contributed by atoms with van der Waals surface area (Å²) >= 11 is 0. The molecule has 0 heterocycles. The Kier molecular flexibility index (Phi) is 11.6. The van der Waals surface area contributed by atoms with E-state index in [1.165, 1.54) is 0 Å². The standard InChI is InChI=1S/C27H41N3O4/c1-9-12-13-18-28-24(31)23(22-16-14-21(11-3)15-17-22)30(19(4)10-2)25(32)20(5)29-26(33)34-27(6,7)8/h3,14-17,19-20,23H,9-10,12-13,18H2,1-2,4-8H3,(H,28,31)(H,29,33). The van der Waals surface area contributed by atoms with Crippen LogP contribution >= 0.6 is 0 Å². The number of hydrogen-bond acceptors (Lipinski definition) is 4. The Morgan fingerprint density at radius 2 is 1.71 bits per heavy atom. The minimum Gasteiger partial charge on any atom is -0.444 e. The van der Waals surface area contributed by atoms with Crippen molar-refractivity contribution in [1.82, 2.24) is 15.5 Å². The highest BCUT2D eigenvalue weighted by molar-refractivity contribution is 5.92. The van der Waals surface area contributed by atoms with Crippen LogP contribution < -0.4 is 10.6 Å². The summed E-state index contributed by atoms with van der Waals surface area (Å²) in [5, 5.41) is 5.59. The summed E-state index contributed by atoms with van der Waals surface area (Å²) in [6, 6.07) is 5.07. The first-order valence-electron chi connectivity index (χ1n) is 12.1. The van der Waals surface area contributed by atoms with E-state index in [1.807, 2.05) is 13.8 Å². The highest BCUT2D eigenvalue weighted by Gasteiger charge is 2.37. The number of hydrogen-bond donors (Lipinski definition) is 2. The molecular weight excluding hydrogens is 430 g/mol. The summed E-state index contributed by atoms with van der Waals surface area (Å²) < 4.78 is 5.30. The van der Waals surface area contributed by atoms with Gasteiger partial charge in [-0.15, -0.1) is 6.42 Å². The van der Waals surface area contributed by atoms with Gasteiger partial charge in [0.15, 0.2) is 0 Å². The molecule has 3 unspecified atom stereocenters. The molecule has 0 aromatic heterocycles. The average molecular weight is 472 g/mol. The molecule has 1 rings (SSSR count). The third-order valence-corrected chi connectivity index (χ3v) is 5.42. The molecule has 3 atom stereocenters. The van der Waals surface area contributed by atoms with Gasteiger partial charge in [-0.2, -0.15) is 0 Å². The first-order chi connectivity index (χ1) is 15.9. The van der Waals surface area contributed by atoms with Crippen LogP contribution in [0.2, 0.25) is 0 Å². The largest absolute Gasteiger partial charge is 0.444 e.